The summed E-state index contributed by atoms with van der Waals surface area (Å²) in [6.07, 6.45) is 1.04. The first kappa shape index (κ1) is 16.2. The summed E-state index contributed by atoms with van der Waals surface area (Å²) in [7, 11) is 0. The highest BCUT2D eigenvalue weighted by molar-refractivity contribution is 9.10. The molecule has 0 aliphatic rings. The van der Waals surface area contributed by atoms with Crippen molar-refractivity contribution in [3.63, 3.8) is 0 Å². The third-order valence-electron chi connectivity index (χ3n) is 3.68. The number of benzene rings is 2. The van der Waals surface area contributed by atoms with Crippen LogP contribution in [-0.4, -0.2) is 6.54 Å². The van der Waals surface area contributed by atoms with E-state index in [1.165, 1.54) is 11.6 Å². The van der Waals surface area contributed by atoms with Crippen molar-refractivity contribution in [1.82, 2.24) is 5.32 Å². The predicted octanol–water partition coefficient (Wildman–Crippen LogP) is 5.29. The summed E-state index contributed by atoms with van der Waals surface area (Å²) in [5, 5.41) is 3.54. The van der Waals surface area contributed by atoms with E-state index in [-0.39, 0.29) is 11.9 Å². The van der Waals surface area contributed by atoms with Crippen LogP contribution < -0.4 is 5.32 Å². The minimum absolute atomic E-state index is 0.00470. The average Bonchev–Trinajstić information content (AvgIpc) is 2.47. The van der Waals surface area contributed by atoms with Crippen LogP contribution in [0.1, 0.15) is 41.6 Å². The second-order valence-electron chi connectivity index (χ2n) is 5.37. The molecule has 112 valence electrons. The van der Waals surface area contributed by atoms with Crippen LogP contribution in [0.2, 0.25) is 0 Å². The zero-order valence-corrected chi connectivity index (χ0v) is 14.3. The molecule has 2 rings (SSSR count). The molecule has 0 fully saturated rings. The molecule has 0 aliphatic heterocycles. The molecule has 21 heavy (non-hydrogen) atoms. The maximum absolute atomic E-state index is 13.7. The SMILES string of the molecule is CCCNC(c1cc(F)ccc1C)c1cccc(C)c1Br. The highest BCUT2D eigenvalue weighted by atomic mass is 79.9. The van der Waals surface area contributed by atoms with Gasteiger partial charge in [-0.3, -0.25) is 0 Å². The molecule has 2 aromatic rings. The Kier molecular flexibility index (Phi) is 5.54. The van der Waals surface area contributed by atoms with Gasteiger partial charge >= 0.3 is 0 Å². The molecule has 1 N–H and O–H groups in total. The first-order valence-corrected chi connectivity index (χ1v) is 8.08. The fourth-order valence-electron chi connectivity index (χ4n) is 2.49. The van der Waals surface area contributed by atoms with E-state index in [9.17, 15) is 4.39 Å². The maximum Gasteiger partial charge on any atom is 0.123 e. The zero-order valence-electron chi connectivity index (χ0n) is 12.7. The van der Waals surface area contributed by atoms with Crippen molar-refractivity contribution in [3.8, 4) is 0 Å². The van der Waals surface area contributed by atoms with Crippen molar-refractivity contribution in [1.29, 1.82) is 0 Å². The molecule has 2 aromatic carbocycles. The van der Waals surface area contributed by atoms with Gasteiger partial charge in [-0.1, -0.05) is 47.1 Å². The van der Waals surface area contributed by atoms with Crippen molar-refractivity contribution in [2.24, 2.45) is 0 Å². The molecule has 0 saturated carbocycles. The van der Waals surface area contributed by atoms with E-state index in [0.29, 0.717) is 0 Å². The van der Waals surface area contributed by atoms with E-state index in [1.807, 2.05) is 19.1 Å². The van der Waals surface area contributed by atoms with Gasteiger partial charge in [-0.25, -0.2) is 4.39 Å². The van der Waals surface area contributed by atoms with Crippen molar-refractivity contribution in [2.45, 2.75) is 33.2 Å². The molecule has 0 bridgehead atoms. The first-order chi connectivity index (χ1) is 10.0. The van der Waals surface area contributed by atoms with Crippen LogP contribution in [0, 0.1) is 19.7 Å². The van der Waals surface area contributed by atoms with Gasteiger partial charge in [0.2, 0.25) is 0 Å². The molecule has 0 radical (unpaired) electrons. The van der Waals surface area contributed by atoms with Crippen LogP contribution in [0.25, 0.3) is 0 Å². The summed E-state index contributed by atoms with van der Waals surface area (Å²) in [5.41, 5.74) is 4.43. The van der Waals surface area contributed by atoms with E-state index in [4.69, 9.17) is 0 Å². The maximum atomic E-state index is 13.7. The number of hydrogen-bond donors (Lipinski definition) is 1. The fourth-order valence-corrected chi connectivity index (χ4v) is 2.98. The summed E-state index contributed by atoms with van der Waals surface area (Å²) in [6, 6.07) is 11.2. The quantitative estimate of drug-likeness (QED) is 0.772. The van der Waals surface area contributed by atoms with Crippen LogP contribution in [0.15, 0.2) is 40.9 Å². The lowest BCUT2D eigenvalue weighted by atomic mass is 9.93. The fraction of sp³-hybridized carbons (Fsp3) is 0.333. The van der Waals surface area contributed by atoms with E-state index in [2.05, 4.69) is 47.2 Å². The van der Waals surface area contributed by atoms with Gasteiger partial charge in [0.1, 0.15) is 5.82 Å². The van der Waals surface area contributed by atoms with E-state index >= 15 is 0 Å². The van der Waals surface area contributed by atoms with E-state index in [0.717, 1.165) is 34.1 Å². The van der Waals surface area contributed by atoms with Crippen LogP contribution in [0.3, 0.4) is 0 Å². The van der Waals surface area contributed by atoms with Gasteiger partial charge in [0.25, 0.3) is 0 Å². The molecule has 0 spiro atoms. The van der Waals surface area contributed by atoms with E-state index < -0.39 is 0 Å². The second kappa shape index (κ2) is 7.19. The number of aryl methyl sites for hydroxylation is 2. The Morgan fingerprint density at radius 1 is 1.10 bits per heavy atom. The summed E-state index contributed by atoms with van der Waals surface area (Å²) >= 11 is 3.68. The van der Waals surface area contributed by atoms with Crippen LogP contribution in [0.4, 0.5) is 4.39 Å². The molecular weight excluding hydrogens is 329 g/mol. The molecular formula is C18H21BrFN. The Labute approximate surface area is 134 Å². The standard InChI is InChI=1S/C18H21BrFN/c1-4-10-21-18(15-7-5-6-13(3)17(15)19)16-11-14(20)9-8-12(16)2/h5-9,11,18,21H,4,10H2,1-3H3. The minimum Gasteiger partial charge on any atom is -0.306 e. The Hall–Kier alpha value is -1.19. The van der Waals surface area contributed by atoms with Gasteiger partial charge in [-0.2, -0.15) is 0 Å². The van der Waals surface area contributed by atoms with Gasteiger partial charge in [0, 0.05) is 4.47 Å². The zero-order chi connectivity index (χ0) is 15.4. The monoisotopic (exact) mass is 349 g/mol. The molecule has 0 amide bonds. The second-order valence-corrected chi connectivity index (χ2v) is 6.16. The van der Waals surface area contributed by atoms with Gasteiger partial charge < -0.3 is 5.32 Å². The lowest BCUT2D eigenvalue weighted by Gasteiger charge is -2.23. The molecule has 0 aromatic heterocycles. The van der Waals surface area contributed by atoms with Gasteiger partial charge in [0.05, 0.1) is 6.04 Å². The normalized spacial score (nSPS) is 12.4. The Morgan fingerprint density at radius 3 is 2.57 bits per heavy atom. The van der Waals surface area contributed by atoms with Crippen molar-refractivity contribution < 1.29 is 4.39 Å². The number of halogens is 2. The van der Waals surface area contributed by atoms with Gasteiger partial charge in [-0.15, -0.1) is 0 Å². The summed E-state index contributed by atoms with van der Waals surface area (Å²) in [4.78, 5) is 0. The third-order valence-corrected chi connectivity index (χ3v) is 4.77. The average molecular weight is 350 g/mol. The molecule has 1 unspecified atom stereocenters. The minimum atomic E-state index is -0.192. The van der Waals surface area contributed by atoms with Crippen LogP contribution >= 0.6 is 15.9 Å². The van der Waals surface area contributed by atoms with Crippen molar-refractivity contribution in [2.75, 3.05) is 6.54 Å². The molecule has 3 heteroatoms. The molecule has 1 nitrogen and oxygen atoms in total. The Balaban J connectivity index is 2.52. The lowest BCUT2D eigenvalue weighted by Crippen LogP contribution is -2.24. The smallest absolute Gasteiger partial charge is 0.123 e. The highest BCUT2D eigenvalue weighted by Gasteiger charge is 2.19. The van der Waals surface area contributed by atoms with Crippen molar-refractivity contribution in [3.05, 3.63) is 68.9 Å². The largest absolute Gasteiger partial charge is 0.306 e. The molecule has 0 heterocycles. The predicted molar refractivity (Wildman–Crippen MR) is 90.2 cm³/mol. The number of hydrogen-bond acceptors (Lipinski definition) is 1. The summed E-state index contributed by atoms with van der Waals surface area (Å²) in [5.74, 6) is -0.192. The highest BCUT2D eigenvalue weighted by Crippen LogP contribution is 2.32. The topological polar surface area (TPSA) is 12.0 Å². The summed E-state index contributed by atoms with van der Waals surface area (Å²) in [6.45, 7) is 7.12. The van der Waals surface area contributed by atoms with Crippen molar-refractivity contribution >= 4 is 15.9 Å². The Morgan fingerprint density at radius 2 is 1.86 bits per heavy atom. The van der Waals surface area contributed by atoms with Crippen LogP contribution in [0.5, 0.6) is 0 Å². The number of nitrogens with one attached hydrogen (secondary N) is 1. The first-order valence-electron chi connectivity index (χ1n) is 7.29. The van der Waals surface area contributed by atoms with Gasteiger partial charge in [0.15, 0.2) is 0 Å². The van der Waals surface area contributed by atoms with E-state index in [1.54, 1.807) is 6.07 Å². The van der Waals surface area contributed by atoms with Crippen LogP contribution in [-0.2, 0) is 0 Å². The number of rotatable bonds is 5. The molecule has 0 saturated heterocycles. The molecule has 1 atom stereocenters. The van der Waals surface area contributed by atoms with Gasteiger partial charge in [-0.05, 0) is 61.2 Å². The Bertz CT molecular complexity index is 623. The lowest BCUT2D eigenvalue weighted by molar-refractivity contribution is 0.581. The molecule has 0 aliphatic carbocycles. The third kappa shape index (κ3) is 3.72. The summed E-state index contributed by atoms with van der Waals surface area (Å²) < 4.78 is 14.8.